The van der Waals surface area contributed by atoms with Gasteiger partial charge >= 0.3 is 0 Å². The number of hydrogen-bond acceptors (Lipinski definition) is 5. The number of fused-ring (bicyclic) bond motifs is 11. The first kappa shape index (κ1) is 24.2. The van der Waals surface area contributed by atoms with Crippen LogP contribution in [0.25, 0.3) is 73.2 Å². The molecule has 3 nitrogen and oxygen atoms in total. The van der Waals surface area contributed by atoms with Crippen molar-refractivity contribution < 1.29 is 4.42 Å². The monoisotopic (exact) mass is 598 g/mol. The zero-order valence-corrected chi connectivity index (χ0v) is 25.0. The Morgan fingerprint density at radius 3 is 2.18 bits per heavy atom. The highest BCUT2D eigenvalue weighted by Gasteiger charge is 2.21. The second-order valence-electron chi connectivity index (χ2n) is 11.2. The molecule has 206 valence electrons. The molecule has 0 amide bonds. The zero-order chi connectivity index (χ0) is 28.8. The minimum absolute atomic E-state index is 0.892. The van der Waals surface area contributed by atoms with Crippen molar-refractivity contribution in [2.24, 2.45) is 0 Å². The van der Waals surface area contributed by atoms with Crippen LogP contribution in [-0.4, -0.2) is 4.98 Å². The molecule has 10 aromatic rings. The van der Waals surface area contributed by atoms with E-state index in [0.29, 0.717) is 0 Å². The van der Waals surface area contributed by atoms with Crippen LogP contribution in [0.1, 0.15) is 0 Å². The molecule has 0 N–H and O–H groups in total. The van der Waals surface area contributed by atoms with Gasteiger partial charge in [-0.25, -0.2) is 0 Å². The molecular formula is C39H22N2OS2. The van der Waals surface area contributed by atoms with E-state index in [1.54, 1.807) is 0 Å². The van der Waals surface area contributed by atoms with Gasteiger partial charge in [-0.15, -0.1) is 22.7 Å². The lowest BCUT2D eigenvalue weighted by Gasteiger charge is -2.26. The molecule has 5 heteroatoms. The Balaban J connectivity index is 1.28. The first-order valence-electron chi connectivity index (χ1n) is 14.6. The van der Waals surface area contributed by atoms with Crippen molar-refractivity contribution in [3.63, 3.8) is 0 Å². The molecule has 6 aromatic carbocycles. The molecule has 0 atom stereocenters. The highest BCUT2D eigenvalue weighted by molar-refractivity contribution is 7.27. The topological polar surface area (TPSA) is 29.3 Å². The largest absolute Gasteiger partial charge is 0.456 e. The summed E-state index contributed by atoms with van der Waals surface area (Å²) in [4.78, 5) is 7.33. The Hall–Kier alpha value is -5.23. The van der Waals surface area contributed by atoms with Gasteiger partial charge in [-0.2, -0.15) is 0 Å². The van der Waals surface area contributed by atoms with Gasteiger partial charge in [0, 0.05) is 58.6 Å². The molecule has 0 spiro atoms. The Morgan fingerprint density at radius 2 is 1.23 bits per heavy atom. The first-order chi connectivity index (χ1) is 21.8. The lowest BCUT2D eigenvalue weighted by atomic mass is 10.1. The number of hydrogen-bond donors (Lipinski definition) is 0. The van der Waals surface area contributed by atoms with E-state index in [2.05, 4.69) is 120 Å². The van der Waals surface area contributed by atoms with Crippen LogP contribution in [0.3, 0.4) is 0 Å². The zero-order valence-electron chi connectivity index (χ0n) is 23.3. The van der Waals surface area contributed by atoms with Gasteiger partial charge in [0.05, 0.1) is 15.9 Å². The second kappa shape index (κ2) is 9.13. The third kappa shape index (κ3) is 3.45. The number of para-hydroxylation sites is 1. The summed E-state index contributed by atoms with van der Waals surface area (Å²) in [7, 11) is 0. The van der Waals surface area contributed by atoms with E-state index in [0.717, 1.165) is 44.5 Å². The Bertz CT molecular complexity index is 2750. The van der Waals surface area contributed by atoms with Crippen molar-refractivity contribution in [1.29, 1.82) is 0 Å². The molecule has 0 aliphatic rings. The number of rotatable bonds is 3. The van der Waals surface area contributed by atoms with Gasteiger partial charge in [0.2, 0.25) is 0 Å². The summed E-state index contributed by atoms with van der Waals surface area (Å²) in [5, 5.41) is 8.54. The van der Waals surface area contributed by atoms with E-state index >= 15 is 0 Å². The van der Waals surface area contributed by atoms with Crippen molar-refractivity contribution in [3.05, 3.63) is 134 Å². The molecule has 0 aliphatic carbocycles. The summed E-state index contributed by atoms with van der Waals surface area (Å²) >= 11 is 3.68. The molecule has 0 unspecified atom stereocenters. The van der Waals surface area contributed by atoms with Crippen LogP contribution in [0, 0.1) is 0 Å². The molecular weight excluding hydrogens is 577 g/mol. The normalized spacial score (nSPS) is 12.1. The number of benzene rings is 6. The average molecular weight is 599 g/mol. The maximum Gasteiger partial charge on any atom is 0.135 e. The van der Waals surface area contributed by atoms with Crippen molar-refractivity contribution in [1.82, 2.24) is 4.98 Å². The van der Waals surface area contributed by atoms with Gasteiger partial charge in [0.15, 0.2) is 0 Å². The van der Waals surface area contributed by atoms with Crippen LogP contribution >= 0.6 is 22.7 Å². The van der Waals surface area contributed by atoms with Gasteiger partial charge < -0.3 is 9.32 Å². The van der Waals surface area contributed by atoms with Gasteiger partial charge in [-0.3, -0.25) is 4.98 Å². The molecule has 0 aliphatic heterocycles. The van der Waals surface area contributed by atoms with E-state index < -0.39 is 0 Å². The molecule has 0 saturated heterocycles. The fourth-order valence-corrected chi connectivity index (χ4v) is 9.12. The second-order valence-corrected chi connectivity index (χ2v) is 13.3. The lowest BCUT2D eigenvalue weighted by molar-refractivity contribution is 0.669. The highest BCUT2D eigenvalue weighted by Crippen LogP contribution is 2.47. The third-order valence-corrected chi connectivity index (χ3v) is 11.1. The summed E-state index contributed by atoms with van der Waals surface area (Å²) in [6.45, 7) is 0. The van der Waals surface area contributed by atoms with Crippen molar-refractivity contribution in [2.75, 3.05) is 4.90 Å². The van der Waals surface area contributed by atoms with Crippen LogP contribution in [0.5, 0.6) is 0 Å². The number of thiophene rings is 2. The molecule has 0 saturated carbocycles. The number of furan rings is 1. The van der Waals surface area contributed by atoms with Crippen molar-refractivity contribution in [3.8, 4) is 0 Å². The quantitative estimate of drug-likeness (QED) is 0.203. The molecule has 0 radical (unpaired) electrons. The summed E-state index contributed by atoms with van der Waals surface area (Å²) in [5.74, 6) is 0. The molecule has 0 bridgehead atoms. The van der Waals surface area contributed by atoms with Crippen LogP contribution in [-0.2, 0) is 0 Å². The van der Waals surface area contributed by atoms with E-state index in [4.69, 9.17) is 9.40 Å². The Kier molecular flexibility index (Phi) is 5.03. The van der Waals surface area contributed by atoms with E-state index in [1.807, 2.05) is 41.0 Å². The minimum Gasteiger partial charge on any atom is -0.456 e. The molecule has 44 heavy (non-hydrogen) atoms. The summed E-state index contributed by atoms with van der Waals surface area (Å²) in [6, 6.07) is 45.6. The van der Waals surface area contributed by atoms with Gasteiger partial charge in [-0.05, 0) is 59.3 Å². The van der Waals surface area contributed by atoms with Gasteiger partial charge in [0.25, 0.3) is 0 Å². The van der Waals surface area contributed by atoms with E-state index in [1.165, 1.54) is 45.7 Å². The number of aromatic nitrogens is 1. The number of nitrogens with zero attached hydrogens (tertiary/aromatic N) is 2. The SMILES string of the molecule is c1ccc2c(c1)ccc1c3nccc(N(c4ccc5c(c4)sc4ccccc45)c4ccc5oc6ccccc6c5c4)c3sc21. The highest BCUT2D eigenvalue weighted by atomic mass is 32.1. The van der Waals surface area contributed by atoms with Crippen LogP contribution < -0.4 is 4.90 Å². The Labute approximate surface area is 259 Å². The molecule has 4 heterocycles. The Morgan fingerprint density at radius 1 is 0.500 bits per heavy atom. The molecule has 0 fully saturated rings. The molecule has 10 rings (SSSR count). The summed E-state index contributed by atoms with van der Waals surface area (Å²) in [6.07, 6.45) is 1.95. The fourth-order valence-electron chi connectivity index (χ4n) is 6.68. The fraction of sp³-hybridized carbons (Fsp3) is 0. The van der Waals surface area contributed by atoms with Gasteiger partial charge in [-0.1, -0.05) is 78.9 Å². The standard InChI is InChI=1S/C39H22N2OS2/c1-2-8-26-23(7-1)13-16-30-37-39(44-38(26)30)32(19-20-40-37)41(24-15-18-34-31(21-24)27-9-3-5-11-33(27)42-34)25-14-17-29-28-10-4-6-12-35(28)43-36(29)22-25/h1-22H. The maximum atomic E-state index is 6.22. The smallest absolute Gasteiger partial charge is 0.135 e. The van der Waals surface area contributed by atoms with Crippen LogP contribution in [0.15, 0.2) is 138 Å². The lowest BCUT2D eigenvalue weighted by Crippen LogP contribution is -2.10. The molecule has 4 aromatic heterocycles. The maximum absolute atomic E-state index is 6.22. The summed E-state index contributed by atoms with van der Waals surface area (Å²) in [5.41, 5.74) is 6.15. The minimum atomic E-state index is 0.892. The predicted octanol–water partition coefficient (Wildman–Crippen LogP) is 12.3. The van der Waals surface area contributed by atoms with E-state index in [9.17, 15) is 0 Å². The first-order valence-corrected chi connectivity index (χ1v) is 16.3. The number of anilines is 3. The number of pyridine rings is 1. The third-order valence-electron chi connectivity index (χ3n) is 8.70. The average Bonchev–Trinajstić information content (AvgIpc) is 3.76. The van der Waals surface area contributed by atoms with Crippen LogP contribution in [0.4, 0.5) is 17.1 Å². The van der Waals surface area contributed by atoms with E-state index in [-0.39, 0.29) is 0 Å². The van der Waals surface area contributed by atoms with Crippen molar-refractivity contribution >= 4 is 113 Å². The van der Waals surface area contributed by atoms with Crippen molar-refractivity contribution in [2.45, 2.75) is 0 Å². The van der Waals surface area contributed by atoms with Gasteiger partial charge in [0.1, 0.15) is 11.2 Å². The predicted molar refractivity (Wildman–Crippen MR) is 189 cm³/mol. The summed E-state index contributed by atoms with van der Waals surface area (Å²) < 4.78 is 11.2. The van der Waals surface area contributed by atoms with Crippen LogP contribution in [0.2, 0.25) is 0 Å².